The molecule has 0 aromatic carbocycles. The van der Waals surface area contributed by atoms with E-state index in [9.17, 15) is 8.78 Å². The lowest BCUT2D eigenvalue weighted by Crippen LogP contribution is -2.07. The number of ether oxygens (including phenoxy) is 1. The van der Waals surface area contributed by atoms with Crippen molar-refractivity contribution in [3.63, 3.8) is 0 Å². The Labute approximate surface area is 91.7 Å². The molecular formula is C10H11F2N3O. The Kier molecular flexibility index (Phi) is 4.14. The van der Waals surface area contributed by atoms with Gasteiger partial charge in [-0.25, -0.2) is 13.8 Å². The number of hydrogen-bond acceptors (Lipinski definition) is 4. The molecule has 0 bridgehead atoms. The van der Waals surface area contributed by atoms with Gasteiger partial charge < -0.3 is 10.5 Å². The maximum absolute atomic E-state index is 12.5. The van der Waals surface area contributed by atoms with E-state index in [1.165, 1.54) is 13.2 Å². The fraction of sp³-hybridized carbons (Fsp3) is 0.400. The van der Waals surface area contributed by atoms with Crippen molar-refractivity contribution in [1.29, 1.82) is 5.26 Å². The molecule has 0 spiro atoms. The van der Waals surface area contributed by atoms with Gasteiger partial charge in [-0.15, -0.1) is 0 Å². The zero-order chi connectivity index (χ0) is 12.1. The molecular weight excluding hydrogens is 216 g/mol. The summed E-state index contributed by atoms with van der Waals surface area (Å²) in [5.41, 5.74) is 5.98. The van der Waals surface area contributed by atoms with Gasteiger partial charge in [-0.1, -0.05) is 0 Å². The van der Waals surface area contributed by atoms with Gasteiger partial charge in [-0.2, -0.15) is 5.26 Å². The third-order valence-corrected chi connectivity index (χ3v) is 2.09. The standard InChI is InChI=1S/C10H11F2N3O/c1-16-10-7(2-3-13)6(5-14)4-8(15-10)9(11)12/h4,9H,2,5,14H2,1H3. The van der Waals surface area contributed by atoms with Crippen LogP contribution in [-0.4, -0.2) is 12.1 Å². The number of methoxy groups -OCH3 is 1. The Hall–Kier alpha value is -1.74. The number of alkyl halides is 2. The maximum Gasteiger partial charge on any atom is 0.280 e. The second kappa shape index (κ2) is 5.37. The zero-order valence-electron chi connectivity index (χ0n) is 8.70. The summed E-state index contributed by atoms with van der Waals surface area (Å²) in [4.78, 5) is 3.64. The van der Waals surface area contributed by atoms with Gasteiger partial charge in [-0.05, 0) is 11.6 Å². The molecule has 2 N–H and O–H groups in total. The van der Waals surface area contributed by atoms with Gasteiger partial charge in [0.15, 0.2) is 0 Å². The molecule has 0 aliphatic rings. The Morgan fingerprint density at radius 1 is 1.62 bits per heavy atom. The van der Waals surface area contributed by atoms with E-state index in [2.05, 4.69) is 4.98 Å². The minimum absolute atomic E-state index is 0.0340. The predicted molar refractivity (Wildman–Crippen MR) is 53.0 cm³/mol. The van der Waals surface area contributed by atoms with Crippen molar-refractivity contribution < 1.29 is 13.5 Å². The van der Waals surface area contributed by atoms with Crippen LogP contribution in [0, 0.1) is 11.3 Å². The summed E-state index contributed by atoms with van der Waals surface area (Å²) in [5.74, 6) is 0.0415. The summed E-state index contributed by atoms with van der Waals surface area (Å²) in [6.07, 6.45) is -2.65. The van der Waals surface area contributed by atoms with E-state index in [1.54, 1.807) is 0 Å². The Morgan fingerprint density at radius 2 is 2.31 bits per heavy atom. The molecule has 0 aliphatic carbocycles. The van der Waals surface area contributed by atoms with Gasteiger partial charge in [0.2, 0.25) is 5.88 Å². The van der Waals surface area contributed by atoms with E-state index in [-0.39, 0.29) is 24.5 Å². The molecule has 0 unspecified atom stereocenters. The van der Waals surface area contributed by atoms with Gasteiger partial charge in [0.25, 0.3) is 6.43 Å². The van der Waals surface area contributed by atoms with Crippen LogP contribution in [0.5, 0.6) is 5.88 Å². The molecule has 0 amide bonds. The minimum atomic E-state index is -2.68. The molecule has 1 aromatic heterocycles. The van der Waals surface area contributed by atoms with Crippen LogP contribution < -0.4 is 10.5 Å². The number of nitrogens with zero attached hydrogens (tertiary/aromatic N) is 2. The summed E-state index contributed by atoms with van der Waals surface area (Å²) in [6, 6.07) is 3.13. The first-order valence-electron chi connectivity index (χ1n) is 4.55. The van der Waals surface area contributed by atoms with E-state index in [1.807, 2.05) is 6.07 Å². The van der Waals surface area contributed by atoms with Crippen LogP contribution >= 0.6 is 0 Å². The first-order chi connectivity index (χ1) is 7.63. The second-order valence-corrected chi connectivity index (χ2v) is 3.03. The number of pyridine rings is 1. The maximum atomic E-state index is 12.5. The molecule has 1 rings (SSSR count). The summed E-state index contributed by atoms with van der Waals surface area (Å²) >= 11 is 0. The molecule has 1 aromatic rings. The molecule has 0 atom stereocenters. The lowest BCUT2D eigenvalue weighted by atomic mass is 10.1. The topological polar surface area (TPSA) is 71.9 Å². The van der Waals surface area contributed by atoms with Crippen molar-refractivity contribution in [1.82, 2.24) is 4.98 Å². The van der Waals surface area contributed by atoms with Crippen LogP contribution in [0.1, 0.15) is 23.2 Å². The third-order valence-electron chi connectivity index (χ3n) is 2.09. The highest BCUT2D eigenvalue weighted by atomic mass is 19.3. The lowest BCUT2D eigenvalue weighted by molar-refractivity contribution is 0.145. The second-order valence-electron chi connectivity index (χ2n) is 3.03. The van der Waals surface area contributed by atoms with Crippen molar-refractivity contribution in [2.45, 2.75) is 19.4 Å². The molecule has 16 heavy (non-hydrogen) atoms. The molecule has 0 radical (unpaired) electrons. The van der Waals surface area contributed by atoms with Crippen LogP contribution in [0.25, 0.3) is 0 Å². The van der Waals surface area contributed by atoms with Crippen molar-refractivity contribution in [3.8, 4) is 11.9 Å². The number of nitriles is 1. The van der Waals surface area contributed by atoms with Crippen LogP contribution in [-0.2, 0) is 13.0 Å². The van der Waals surface area contributed by atoms with E-state index in [0.29, 0.717) is 11.1 Å². The Bertz CT molecular complexity index is 390. The predicted octanol–water partition coefficient (Wildman–Crippen LogP) is 1.55. The number of hydrogen-bond donors (Lipinski definition) is 1. The molecule has 0 aliphatic heterocycles. The molecule has 86 valence electrons. The van der Waals surface area contributed by atoms with E-state index in [0.717, 1.165) is 0 Å². The Morgan fingerprint density at radius 3 is 2.75 bits per heavy atom. The van der Waals surface area contributed by atoms with Crippen molar-refractivity contribution in [2.75, 3.05) is 7.11 Å². The lowest BCUT2D eigenvalue weighted by Gasteiger charge is -2.11. The fourth-order valence-electron chi connectivity index (χ4n) is 1.35. The highest BCUT2D eigenvalue weighted by Gasteiger charge is 2.17. The molecule has 0 saturated heterocycles. The first kappa shape index (κ1) is 12.3. The minimum Gasteiger partial charge on any atom is -0.481 e. The fourth-order valence-corrected chi connectivity index (χ4v) is 1.35. The molecule has 0 saturated carbocycles. The van der Waals surface area contributed by atoms with Crippen LogP contribution in [0.2, 0.25) is 0 Å². The van der Waals surface area contributed by atoms with E-state index in [4.69, 9.17) is 15.7 Å². The number of rotatable bonds is 4. The highest BCUT2D eigenvalue weighted by molar-refractivity contribution is 5.39. The molecule has 4 nitrogen and oxygen atoms in total. The average Bonchev–Trinajstić information content (AvgIpc) is 2.29. The monoisotopic (exact) mass is 227 g/mol. The zero-order valence-corrected chi connectivity index (χ0v) is 8.70. The largest absolute Gasteiger partial charge is 0.481 e. The summed E-state index contributed by atoms with van der Waals surface area (Å²) in [5, 5.41) is 8.62. The van der Waals surface area contributed by atoms with Crippen molar-refractivity contribution >= 4 is 0 Å². The summed E-state index contributed by atoms with van der Waals surface area (Å²) in [7, 11) is 1.32. The van der Waals surface area contributed by atoms with Gasteiger partial charge >= 0.3 is 0 Å². The smallest absolute Gasteiger partial charge is 0.280 e. The van der Waals surface area contributed by atoms with Crippen molar-refractivity contribution in [3.05, 3.63) is 22.9 Å². The van der Waals surface area contributed by atoms with Crippen molar-refractivity contribution in [2.24, 2.45) is 5.73 Å². The number of aromatic nitrogens is 1. The summed E-state index contributed by atoms with van der Waals surface area (Å²) < 4.78 is 29.9. The van der Waals surface area contributed by atoms with Crippen LogP contribution in [0.3, 0.4) is 0 Å². The summed E-state index contributed by atoms with van der Waals surface area (Å²) in [6.45, 7) is 0.0651. The number of nitrogens with two attached hydrogens (primary N) is 1. The van der Waals surface area contributed by atoms with Crippen LogP contribution in [0.4, 0.5) is 8.78 Å². The van der Waals surface area contributed by atoms with Gasteiger partial charge in [0.1, 0.15) is 5.69 Å². The van der Waals surface area contributed by atoms with E-state index < -0.39 is 6.43 Å². The highest BCUT2D eigenvalue weighted by Crippen LogP contribution is 2.26. The normalized spacial score (nSPS) is 10.2. The van der Waals surface area contributed by atoms with Gasteiger partial charge in [-0.3, -0.25) is 0 Å². The van der Waals surface area contributed by atoms with Gasteiger partial charge in [0, 0.05) is 12.1 Å². The number of halogens is 2. The third kappa shape index (κ3) is 2.44. The average molecular weight is 227 g/mol. The Balaban J connectivity index is 3.32. The quantitative estimate of drug-likeness (QED) is 0.847. The molecule has 6 heteroatoms. The van der Waals surface area contributed by atoms with Crippen LogP contribution in [0.15, 0.2) is 6.07 Å². The van der Waals surface area contributed by atoms with Gasteiger partial charge in [0.05, 0.1) is 19.6 Å². The van der Waals surface area contributed by atoms with E-state index >= 15 is 0 Å². The SMILES string of the molecule is COc1nc(C(F)F)cc(CN)c1CC#N. The molecule has 0 fully saturated rings. The molecule has 1 heterocycles. The first-order valence-corrected chi connectivity index (χ1v) is 4.55.